The molecule has 0 radical (unpaired) electrons. The summed E-state index contributed by atoms with van der Waals surface area (Å²) in [7, 11) is 0. The van der Waals surface area contributed by atoms with Crippen molar-refractivity contribution >= 4 is 40.8 Å². The molecule has 0 atom stereocenters. The van der Waals surface area contributed by atoms with E-state index in [4.69, 9.17) is 23.8 Å². The molecule has 7 nitrogen and oxygen atoms in total. The van der Waals surface area contributed by atoms with Crippen LogP contribution in [0.1, 0.15) is 5.56 Å². The number of hydrogen-bond donors (Lipinski definition) is 4. The third-order valence-electron chi connectivity index (χ3n) is 2.39. The molecule has 1 aromatic heterocycles. The molecule has 0 aliphatic heterocycles. The Kier molecular flexibility index (Phi) is 4.51. The van der Waals surface area contributed by atoms with Crippen LogP contribution in [0, 0.1) is 0 Å². The number of thiocarbonyl (C=S) groups is 1. The van der Waals surface area contributed by atoms with E-state index in [-0.39, 0.29) is 10.7 Å². The number of aromatic amines is 2. The Balaban J connectivity index is 2.19. The number of nitrogens with one attached hydrogen (secondary N) is 3. The first-order valence-corrected chi connectivity index (χ1v) is 6.41. The van der Waals surface area contributed by atoms with Gasteiger partial charge in [-0.3, -0.25) is 14.8 Å². The molecule has 0 bridgehead atoms. The molecule has 0 aliphatic carbocycles. The number of para-hydroxylation sites is 1. The summed E-state index contributed by atoms with van der Waals surface area (Å²) in [5.74, 6) is -0.590. The molecule has 0 aliphatic rings. The largest absolute Gasteiger partial charge is 0.494 e. The van der Waals surface area contributed by atoms with Gasteiger partial charge in [0.2, 0.25) is 5.88 Å². The highest BCUT2D eigenvalue weighted by Crippen LogP contribution is 2.20. The maximum absolute atomic E-state index is 11.5. The molecule has 0 amide bonds. The maximum Gasteiger partial charge on any atom is 0.328 e. The quantitative estimate of drug-likeness (QED) is 0.490. The smallest absolute Gasteiger partial charge is 0.328 e. The van der Waals surface area contributed by atoms with E-state index in [2.05, 4.69) is 10.3 Å². The normalized spacial score (nSPS) is 10.7. The van der Waals surface area contributed by atoms with Crippen LogP contribution in [0.5, 0.6) is 5.88 Å². The zero-order chi connectivity index (χ0) is 15.4. The van der Waals surface area contributed by atoms with Gasteiger partial charge in [0.05, 0.1) is 10.7 Å². The second-order valence-electron chi connectivity index (χ2n) is 3.84. The summed E-state index contributed by atoms with van der Waals surface area (Å²) < 4.78 is 0. The van der Waals surface area contributed by atoms with Crippen molar-refractivity contribution in [2.45, 2.75) is 0 Å². The van der Waals surface area contributed by atoms with Crippen molar-refractivity contribution in [2.75, 3.05) is 5.32 Å². The average Bonchev–Trinajstić information content (AvgIpc) is 2.40. The minimum Gasteiger partial charge on any atom is -0.494 e. The van der Waals surface area contributed by atoms with Crippen LogP contribution in [-0.2, 0) is 0 Å². The molecule has 0 fully saturated rings. The standard InChI is InChI=1S/C12H9ClN4O3S/c13-7-3-1-2-4-8(7)15-12(21)14-5-6-9(18)16-11(20)17-10(6)19/h1-5H,(H,15,21)(H3,16,17,18,19,20). The van der Waals surface area contributed by atoms with Crippen LogP contribution in [-0.4, -0.2) is 26.4 Å². The van der Waals surface area contributed by atoms with Crippen molar-refractivity contribution < 1.29 is 5.11 Å². The van der Waals surface area contributed by atoms with Crippen molar-refractivity contribution in [1.82, 2.24) is 9.97 Å². The maximum atomic E-state index is 11.5. The highest BCUT2D eigenvalue weighted by atomic mass is 35.5. The van der Waals surface area contributed by atoms with Gasteiger partial charge in [-0.15, -0.1) is 0 Å². The van der Waals surface area contributed by atoms with Gasteiger partial charge in [0.1, 0.15) is 5.56 Å². The molecule has 0 saturated heterocycles. The second kappa shape index (κ2) is 6.33. The summed E-state index contributed by atoms with van der Waals surface area (Å²) in [6.45, 7) is 0. The first-order valence-electron chi connectivity index (χ1n) is 5.62. The minimum absolute atomic E-state index is 0.0353. The lowest BCUT2D eigenvalue weighted by atomic mass is 10.3. The SMILES string of the molecule is O=c1[nH]c(O)c(C=NC(=S)Nc2ccccc2Cl)c(=O)[nH]1. The molecule has 21 heavy (non-hydrogen) atoms. The van der Waals surface area contributed by atoms with Crippen LogP contribution in [0.2, 0.25) is 5.02 Å². The van der Waals surface area contributed by atoms with E-state index in [0.717, 1.165) is 6.21 Å². The van der Waals surface area contributed by atoms with Crippen molar-refractivity contribution in [3.05, 3.63) is 55.7 Å². The van der Waals surface area contributed by atoms with Crippen molar-refractivity contribution in [2.24, 2.45) is 4.99 Å². The number of rotatable bonds is 2. The number of benzene rings is 1. The monoisotopic (exact) mass is 324 g/mol. The third kappa shape index (κ3) is 3.77. The summed E-state index contributed by atoms with van der Waals surface area (Å²) >= 11 is 10.9. The number of hydrogen-bond acceptors (Lipinski definition) is 4. The highest BCUT2D eigenvalue weighted by Gasteiger charge is 2.06. The molecule has 9 heteroatoms. The van der Waals surface area contributed by atoms with Crippen molar-refractivity contribution in [1.29, 1.82) is 0 Å². The lowest BCUT2D eigenvalue weighted by molar-refractivity contribution is 0.447. The van der Waals surface area contributed by atoms with Crippen LogP contribution in [0.25, 0.3) is 0 Å². The summed E-state index contributed by atoms with van der Waals surface area (Å²) in [6.07, 6.45) is 1.04. The Morgan fingerprint density at radius 1 is 1.33 bits per heavy atom. The number of anilines is 1. The van der Waals surface area contributed by atoms with E-state index in [1.165, 1.54) is 0 Å². The van der Waals surface area contributed by atoms with Crippen LogP contribution < -0.4 is 16.6 Å². The van der Waals surface area contributed by atoms with Gasteiger partial charge in [-0.1, -0.05) is 23.7 Å². The molecule has 0 spiro atoms. The zero-order valence-electron chi connectivity index (χ0n) is 10.4. The van der Waals surface area contributed by atoms with Gasteiger partial charge in [-0.05, 0) is 24.4 Å². The van der Waals surface area contributed by atoms with Gasteiger partial charge in [0.15, 0.2) is 5.11 Å². The molecule has 108 valence electrons. The lowest BCUT2D eigenvalue weighted by Gasteiger charge is -2.05. The number of H-pyrrole nitrogens is 2. The lowest BCUT2D eigenvalue weighted by Crippen LogP contribution is -2.25. The second-order valence-corrected chi connectivity index (χ2v) is 4.63. The van der Waals surface area contributed by atoms with E-state index in [0.29, 0.717) is 10.7 Å². The summed E-state index contributed by atoms with van der Waals surface area (Å²) in [5, 5.41) is 12.7. The Bertz CT molecular complexity index is 828. The van der Waals surface area contributed by atoms with Gasteiger partial charge < -0.3 is 10.4 Å². The first-order chi connectivity index (χ1) is 9.97. The Hall–Kier alpha value is -2.45. The predicted octanol–water partition coefficient (Wildman–Crippen LogP) is 1.24. The molecule has 2 rings (SSSR count). The fourth-order valence-corrected chi connectivity index (χ4v) is 1.78. The van der Waals surface area contributed by atoms with Crippen LogP contribution in [0.15, 0.2) is 38.8 Å². The molecule has 0 unspecified atom stereocenters. The predicted molar refractivity (Wildman–Crippen MR) is 84.6 cm³/mol. The van der Waals surface area contributed by atoms with E-state index in [1.807, 2.05) is 9.97 Å². The Morgan fingerprint density at radius 3 is 2.71 bits per heavy atom. The molecular weight excluding hydrogens is 316 g/mol. The molecule has 4 N–H and O–H groups in total. The van der Waals surface area contributed by atoms with Crippen LogP contribution in [0.4, 0.5) is 5.69 Å². The molecule has 1 aromatic carbocycles. The topological polar surface area (TPSA) is 110 Å². The molecule has 2 aromatic rings. The van der Waals surface area contributed by atoms with Crippen LogP contribution >= 0.6 is 23.8 Å². The third-order valence-corrected chi connectivity index (χ3v) is 2.92. The summed E-state index contributed by atoms with van der Waals surface area (Å²) in [6, 6.07) is 6.90. The summed E-state index contributed by atoms with van der Waals surface area (Å²) in [5.41, 5.74) is -1.24. The van der Waals surface area contributed by atoms with Gasteiger partial charge in [0, 0.05) is 6.21 Å². The van der Waals surface area contributed by atoms with E-state index >= 15 is 0 Å². The summed E-state index contributed by atoms with van der Waals surface area (Å²) in [4.78, 5) is 30.2. The van der Waals surface area contributed by atoms with Crippen LogP contribution in [0.3, 0.4) is 0 Å². The van der Waals surface area contributed by atoms with Gasteiger partial charge in [-0.2, -0.15) is 0 Å². The minimum atomic E-state index is -0.814. The average molecular weight is 325 g/mol. The Labute approximate surface area is 128 Å². The highest BCUT2D eigenvalue weighted by molar-refractivity contribution is 7.80. The fourth-order valence-electron chi connectivity index (χ4n) is 1.44. The number of halogens is 1. The van der Waals surface area contributed by atoms with Gasteiger partial charge in [-0.25, -0.2) is 9.79 Å². The van der Waals surface area contributed by atoms with Crippen molar-refractivity contribution in [3.63, 3.8) is 0 Å². The van der Waals surface area contributed by atoms with Gasteiger partial charge >= 0.3 is 5.69 Å². The fraction of sp³-hybridized carbons (Fsp3) is 0. The number of aliphatic imine (C=N–C) groups is 1. The number of aromatic hydroxyl groups is 1. The zero-order valence-corrected chi connectivity index (χ0v) is 12.0. The molecular formula is C12H9ClN4O3S. The Morgan fingerprint density at radius 2 is 2.05 bits per heavy atom. The van der Waals surface area contributed by atoms with Gasteiger partial charge in [0.25, 0.3) is 5.56 Å². The number of aromatic nitrogens is 2. The first kappa shape index (κ1) is 14.9. The molecule has 0 saturated carbocycles. The molecule has 1 heterocycles. The van der Waals surface area contributed by atoms with E-state index in [1.54, 1.807) is 24.3 Å². The van der Waals surface area contributed by atoms with E-state index in [9.17, 15) is 14.7 Å². The van der Waals surface area contributed by atoms with E-state index < -0.39 is 17.1 Å². The number of nitrogens with zero attached hydrogens (tertiary/aromatic N) is 1. The van der Waals surface area contributed by atoms with Crippen molar-refractivity contribution in [3.8, 4) is 5.88 Å².